The van der Waals surface area contributed by atoms with Gasteiger partial charge in [-0.15, -0.1) is 0 Å². The third kappa shape index (κ3) is 4.30. The van der Waals surface area contributed by atoms with Crippen LogP contribution in [0.4, 0.5) is 0 Å². The summed E-state index contributed by atoms with van der Waals surface area (Å²) in [5, 5.41) is 4.59. The highest BCUT2D eigenvalue weighted by Crippen LogP contribution is 2.29. The zero-order chi connectivity index (χ0) is 18.9. The molecule has 7 heteroatoms. The summed E-state index contributed by atoms with van der Waals surface area (Å²) >= 11 is 0. The van der Waals surface area contributed by atoms with Crippen LogP contribution in [0.5, 0.6) is 0 Å². The summed E-state index contributed by atoms with van der Waals surface area (Å²) in [6.45, 7) is 4.47. The van der Waals surface area contributed by atoms with E-state index in [-0.39, 0.29) is 23.5 Å². The Labute approximate surface area is 156 Å². The van der Waals surface area contributed by atoms with Crippen molar-refractivity contribution < 1.29 is 13.2 Å². The van der Waals surface area contributed by atoms with Gasteiger partial charge >= 0.3 is 0 Å². The molecule has 146 valence electrons. The summed E-state index contributed by atoms with van der Waals surface area (Å²) in [6, 6.07) is -0.0733. The van der Waals surface area contributed by atoms with Crippen molar-refractivity contribution in [3.05, 3.63) is 17.0 Å². The van der Waals surface area contributed by atoms with Gasteiger partial charge in [0, 0.05) is 31.3 Å². The second kappa shape index (κ2) is 7.71. The highest BCUT2D eigenvalue weighted by atomic mass is 32.2. The van der Waals surface area contributed by atoms with E-state index in [1.165, 1.54) is 25.7 Å². The molecule has 1 atom stereocenters. The van der Waals surface area contributed by atoms with Gasteiger partial charge in [0.2, 0.25) is 5.91 Å². The van der Waals surface area contributed by atoms with Crippen molar-refractivity contribution in [1.82, 2.24) is 14.7 Å². The Morgan fingerprint density at radius 2 is 1.92 bits per heavy atom. The molecular weight excluding hydrogens is 350 g/mol. The van der Waals surface area contributed by atoms with Crippen LogP contribution in [-0.4, -0.2) is 47.6 Å². The van der Waals surface area contributed by atoms with Crippen LogP contribution in [0, 0.1) is 19.8 Å². The number of sulfone groups is 1. The summed E-state index contributed by atoms with van der Waals surface area (Å²) in [4.78, 5) is 14.3. The fourth-order valence-corrected chi connectivity index (χ4v) is 6.08. The van der Waals surface area contributed by atoms with Crippen LogP contribution in [0.1, 0.15) is 67.9 Å². The number of nitrogens with zero attached hydrogens (tertiary/aromatic N) is 3. The first-order chi connectivity index (χ1) is 12.3. The first-order valence-electron chi connectivity index (χ1n) is 9.76. The van der Waals surface area contributed by atoms with Gasteiger partial charge in [-0.3, -0.25) is 9.48 Å². The molecular formula is C19H31N3O3S. The lowest BCUT2D eigenvalue weighted by molar-refractivity contribution is -0.130. The number of rotatable bonds is 6. The number of carbonyl (C=O) groups excluding carboxylic acids is 1. The summed E-state index contributed by atoms with van der Waals surface area (Å²) in [7, 11) is -1.09. The van der Waals surface area contributed by atoms with Crippen molar-refractivity contribution in [1.29, 1.82) is 0 Å². The molecule has 6 nitrogen and oxygen atoms in total. The largest absolute Gasteiger partial charge is 0.341 e. The van der Waals surface area contributed by atoms with Gasteiger partial charge in [-0.25, -0.2) is 8.42 Å². The van der Waals surface area contributed by atoms with Crippen LogP contribution in [0.2, 0.25) is 0 Å². The van der Waals surface area contributed by atoms with E-state index in [4.69, 9.17) is 0 Å². The van der Waals surface area contributed by atoms with E-state index in [2.05, 4.69) is 5.10 Å². The van der Waals surface area contributed by atoms with E-state index in [1.807, 2.05) is 25.6 Å². The lowest BCUT2D eigenvalue weighted by Crippen LogP contribution is -2.27. The average Bonchev–Trinajstić information content (AvgIpc) is 3.28. The van der Waals surface area contributed by atoms with E-state index < -0.39 is 9.84 Å². The van der Waals surface area contributed by atoms with Crippen LogP contribution < -0.4 is 0 Å². The minimum Gasteiger partial charge on any atom is -0.341 e. The second-order valence-corrected chi connectivity index (χ2v) is 10.3. The smallest absolute Gasteiger partial charge is 0.222 e. The molecule has 0 spiro atoms. The van der Waals surface area contributed by atoms with Gasteiger partial charge in [-0.05, 0) is 32.6 Å². The number of amides is 1. The Morgan fingerprint density at radius 1 is 1.23 bits per heavy atom. The maximum Gasteiger partial charge on any atom is 0.222 e. The minimum atomic E-state index is -2.94. The van der Waals surface area contributed by atoms with E-state index >= 15 is 0 Å². The van der Waals surface area contributed by atoms with Crippen molar-refractivity contribution in [2.75, 3.05) is 18.6 Å². The molecule has 1 amide bonds. The van der Waals surface area contributed by atoms with E-state index in [0.717, 1.165) is 29.3 Å². The van der Waals surface area contributed by atoms with E-state index in [9.17, 15) is 13.2 Å². The zero-order valence-corrected chi connectivity index (χ0v) is 17.0. The number of carbonyl (C=O) groups is 1. The van der Waals surface area contributed by atoms with Gasteiger partial charge in [0.05, 0.1) is 23.2 Å². The third-order valence-electron chi connectivity index (χ3n) is 6.09. The molecule has 0 aromatic carbocycles. The topological polar surface area (TPSA) is 72.3 Å². The molecule has 26 heavy (non-hydrogen) atoms. The molecule has 1 saturated carbocycles. The standard InChI is InChI=1S/C19H31N3O3S/c1-14-18(12-21(3)19(23)9-8-16-6-4-5-7-16)15(2)22(20-14)17-10-11-26(24,25)13-17/h16-17H,4-13H2,1-3H3/t17-/m1/s1. The first kappa shape index (κ1) is 19.4. The Balaban J connectivity index is 1.62. The SMILES string of the molecule is Cc1nn([C@@H]2CCS(=O)(=O)C2)c(C)c1CN(C)C(=O)CCC1CCCC1. The number of hydrogen-bond acceptors (Lipinski definition) is 4. The van der Waals surface area contributed by atoms with Crippen LogP contribution in [0.15, 0.2) is 0 Å². The van der Waals surface area contributed by atoms with Crippen molar-refractivity contribution in [3.8, 4) is 0 Å². The van der Waals surface area contributed by atoms with Crippen molar-refractivity contribution in [3.63, 3.8) is 0 Å². The number of aryl methyl sites for hydroxylation is 1. The van der Waals surface area contributed by atoms with Gasteiger partial charge in [-0.2, -0.15) is 5.10 Å². The van der Waals surface area contributed by atoms with Crippen LogP contribution in [-0.2, 0) is 21.2 Å². The van der Waals surface area contributed by atoms with Crippen LogP contribution in [0.3, 0.4) is 0 Å². The van der Waals surface area contributed by atoms with Gasteiger partial charge in [0.15, 0.2) is 9.84 Å². The van der Waals surface area contributed by atoms with Crippen LogP contribution >= 0.6 is 0 Å². The number of hydrogen-bond donors (Lipinski definition) is 0. The molecule has 2 fully saturated rings. The Kier molecular flexibility index (Phi) is 5.75. The Morgan fingerprint density at radius 3 is 2.54 bits per heavy atom. The number of aromatic nitrogens is 2. The molecule has 0 radical (unpaired) electrons. The maximum absolute atomic E-state index is 12.5. The van der Waals surface area contributed by atoms with Gasteiger partial charge in [0.25, 0.3) is 0 Å². The van der Waals surface area contributed by atoms with Gasteiger partial charge in [0.1, 0.15) is 0 Å². The molecule has 2 heterocycles. The Bertz CT molecular complexity index is 763. The lowest BCUT2D eigenvalue weighted by Gasteiger charge is -2.19. The summed E-state index contributed by atoms with van der Waals surface area (Å²) in [6.07, 6.45) is 7.40. The monoisotopic (exact) mass is 381 g/mol. The Hall–Kier alpha value is -1.37. The maximum atomic E-state index is 12.5. The predicted octanol–water partition coefficient (Wildman–Crippen LogP) is 2.79. The average molecular weight is 382 g/mol. The molecule has 0 unspecified atom stereocenters. The van der Waals surface area contributed by atoms with Gasteiger partial charge < -0.3 is 4.90 Å². The molecule has 3 rings (SSSR count). The summed E-state index contributed by atoms with van der Waals surface area (Å²) in [5.41, 5.74) is 2.92. The molecule has 1 aliphatic carbocycles. The molecule has 1 saturated heterocycles. The quantitative estimate of drug-likeness (QED) is 0.759. The summed E-state index contributed by atoms with van der Waals surface area (Å²) < 4.78 is 25.4. The van der Waals surface area contributed by atoms with Gasteiger partial charge in [-0.1, -0.05) is 25.7 Å². The molecule has 1 aromatic rings. The molecule has 1 aliphatic heterocycles. The normalized spacial score (nSPS) is 22.8. The molecule has 0 bridgehead atoms. The van der Waals surface area contributed by atoms with E-state index in [0.29, 0.717) is 19.4 Å². The highest BCUT2D eigenvalue weighted by Gasteiger charge is 2.31. The molecule has 1 aromatic heterocycles. The minimum absolute atomic E-state index is 0.0733. The molecule has 2 aliphatic rings. The first-order valence-corrected chi connectivity index (χ1v) is 11.6. The van der Waals surface area contributed by atoms with Crippen molar-refractivity contribution in [2.45, 2.75) is 71.4 Å². The lowest BCUT2D eigenvalue weighted by atomic mass is 10.0. The fourth-order valence-electron chi connectivity index (χ4n) is 4.39. The van der Waals surface area contributed by atoms with E-state index in [1.54, 1.807) is 4.90 Å². The third-order valence-corrected chi connectivity index (χ3v) is 7.84. The zero-order valence-electron chi connectivity index (χ0n) is 16.2. The van der Waals surface area contributed by atoms with Crippen LogP contribution in [0.25, 0.3) is 0 Å². The predicted molar refractivity (Wildman–Crippen MR) is 102 cm³/mol. The molecule has 0 N–H and O–H groups in total. The van der Waals surface area contributed by atoms with Crippen molar-refractivity contribution in [2.24, 2.45) is 5.92 Å². The van der Waals surface area contributed by atoms with Crippen molar-refractivity contribution >= 4 is 15.7 Å². The second-order valence-electron chi connectivity index (χ2n) is 8.09. The fraction of sp³-hybridized carbons (Fsp3) is 0.789. The summed E-state index contributed by atoms with van der Waals surface area (Å²) in [5.74, 6) is 1.32. The highest BCUT2D eigenvalue weighted by molar-refractivity contribution is 7.91.